The van der Waals surface area contributed by atoms with E-state index < -0.39 is 0 Å². The van der Waals surface area contributed by atoms with Gasteiger partial charge in [0.05, 0.1) is 10.7 Å². The number of nitrogens with one attached hydrogen (secondary N) is 2. The smallest absolute Gasteiger partial charge is 0.321 e. The second kappa shape index (κ2) is 9.91. The molecule has 1 aromatic heterocycles. The zero-order valence-electron chi connectivity index (χ0n) is 17.8. The highest BCUT2D eigenvalue weighted by Gasteiger charge is 2.27. The number of benzene rings is 2. The van der Waals surface area contributed by atoms with Crippen LogP contribution in [-0.2, 0) is 11.3 Å². The molecule has 0 aliphatic carbocycles. The van der Waals surface area contributed by atoms with Crippen LogP contribution in [0, 0.1) is 18.7 Å². The van der Waals surface area contributed by atoms with Gasteiger partial charge in [0.15, 0.2) is 0 Å². The Bertz CT molecular complexity index is 1070. The lowest BCUT2D eigenvalue weighted by Crippen LogP contribution is -2.44. The number of likely N-dealkylation sites (tertiary alicyclic amines) is 1. The summed E-state index contributed by atoms with van der Waals surface area (Å²) in [6.07, 6.45) is 1.23. The molecule has 3 amide bonds. The lowest BCUT2D eigenvalue weighted by atomic mass is 9.96. The van der Waals surface area contributed by atoms with Gasteiger partial charge in [0.25, 0.3) is 0 Å². The molecule has 4 rings (SSSR count). The highest BCUT2D eigenvalue weighted by Crippen LogP contribution is 2.24. The number of piperidine rings is 1. The van der Waals surface area contributed by atoms with Gasteiger partial charge in [-0.15, -0.1) is 11.3 Å². The minimum absolute atomic E-state index is 0.0257. The molecule has 2 heterocycles. The van der Waals surface area contributed by atoms with Gasteiger partial charge in [0.1, 0.15) is 5.82 Å². The van der Waals surface area contributed by atoms with Crippen LogP contribution >= 0.6 is 11.3 Å². The molecule has 0 spiro atoms. The maximum Gasteiger partial charge on any atom is 0.321 e. The fourth-order valence-corrected chi connectivity index (χ4v) is 4.33. The molecule has 1 saturated heterocycles. The minimum atomic E-state index is -0.295. The summed E-state index contributed by atoms with van der Waals surface area (Å²) in [6, 6.07) is 13.6. The first-order valence-corrected chi connectivity index (χ1v) is 11.5. The van der Waals surface area contributed by atoms with E-state index in [1.165, 1.54) is 12.1 Å². The summed E-state index contributed by atoms with van der Waals surface area (Å²) in [7, 11) is 0. The Morgan fingerprint density at radius 3 is 2.41 bits per heavy atom. The highest BCUT2D eigenvalue weighted by atomic mass is 32.1. The van der Waals surface area contributed by atoms with Crippen molar-refractivity contribution >= 4 is 29.0 Å². The molecule has 3 aromatic rings. The summed E-state index contributed by atoms with van der Waals surface area (Å²) in [5, 5.41) is 8.87. The highest BCUT2D eigenvalue weighted by molar-refractivity contribution is 7.09. The summed E-state index contributed by atoms with van der Waals surface area (Å²) in [4.78, 5) is 31.3. The van der Waals surface area contributed by atoms with Crippen LogP contribution in [0.25, 0.3) is 11.3 Å². The lowest BCUT2D eigenvalue weighted by Gasteiger charge is -2.31. The normalized spacial score (nSPS) is 14.2. The van der Waals surface area contributed by atoms with Crippen molar-refractivity contribution in [1.29, 1.82) is 0 Å². The van der Waals surface area contributed by atoms with Gasteiger partial charge in [-0.1, -0.05) is 24.3 Å². The Morgan fingerprint density at radius 2 is 1.78 bits per heavy atom. The largest absolute Gasteiger partial charge is 0.352 e. The van der Waals surface area contributed by atoms with E-state index in [9.17, 15) is 14.0 Å². The Labute approximate surface area is 190 Å². The Kier molecular flexibility index (Phi) is 6.80. The van der Waals surface area contributed by atoms with E-state index in [4.69, 9.17) is 0 Å². The van der Waals surface area contributed by atoms with Gasteiger partial charge in [-0.3, -0.25) is 4.79 Å². The Morgan fingerprint density at radius 1 is 1.09 bits per heavy atom. The molecule has 32 heavy (non-hydrogen) atoms. The SMILES string of the molecule is Cc1nc(-c2ccc(NC(=O)N3CCC(C(=O)NCc4ccc(F)cc4)CC3)cc2)cs1. The van der Waals surface area contributed by atoms with E-state index >= 15 is 0 Å². The van der Waals surface area contributed by atoms with Crippen molar-refractivity contribution in [2.75, 3.05) is 18.4 Å². The second-order valence-electron chi connectivity index (χ2n) is 7.86. The molecule has 166 valence electrons. The van der Waals surface area contributed by atoms with Gasteiger partial charge in [-0.2, -0.15) is 0 Å². The Balaban J connectivity index is 1.23. The number of carbonyl (C=O) groups excluding carboxylic acids is 2. The molecule has 0 bridgehead atoms. The van der Waals surface area contributed by atoms with Gasteiger partial charge in [-0.25, -0.2) is 14.2 Å². The maximum absolute atomic E-state index is 13.0. The number of aryl methyl sites for hydroxylation is 1. The quantitative estimate of drug-likeness (QED) is 0.583. The summed E-state index contributed by atoms with van der Waals surface area (Å²) in [6.45, 7) is 3.39. The molecule has 0 radical (unpaired) electrons. The third-order valence-electron chi connectivity index (χ3n) is 5.58. The van der Waals surface area contributed by atoms with Crippen molar-refractivity contribution in [3.8, 4) is 11.3 Å². The van der Waals surface area contributed by atoms with E-state index in [-0.39, 0.29) is 23.7 Å². The molecule has 2 aromatic carbocycles. The summed E-state index contributed by atoms with van der Waals surface area (Å²) in [5.74, 6) is -0.446. The second-order valence-corrected chi connectivity index (χ2v) is 8.93. The summed E-state index contributed by atoms with van der Waals surface area (Å²) >= 11 is 1.61. The van der Waals surface area contributed by atoms with Crippen LogP contribution in [0.2, 0.25) is 0 Å². The number of carbonyl (C=O) groups is 2. The predicted molar refractivity (Wildman–Crippen MR) is 124 cm³/mol. The van der Waals surface area contributed by atoms with Crippen molar-refractivity contribution in [2.24, 2.45) is 5.92 Å². The Hall–Kier alpha value is -3.26. The molecular weight excluding hydrogens is 427 g/mol. The standard InChI is InChI=1S/C24H25FN4O2S/c1-16-27-22(15-32-16)18-4-8-21(9-5-18)28-24(31)29-12-10-19(11-13-29)23(30)26-14-17-2-6-20(25)7-3-17/h2-9,15,19H,10-14H2,1H3,(H,26,30)(H,28,31). The maximum atomic E-state index is 13.0. The number of thiazole rings is 1. The minimum Gasteiger partial charge on any atom is -0.352 e. The topological polar surface area (TPSA) is 74.3 Å². The first-order chi connectivity index (χ1) is 15.5. The van der Waals surface area contributed by atoms with Gasteiger partial charge < -0.3 is 15.5 Å². The molecular formula is C24H25FN4O2S. The zero-order valence-corrected chi connectivity index (χ0v) is 18.6. The predicted octanol–water partition coefficient (Wildman–Crippen LogP) is 4.82. The van der Waals surface area contributed by atoms with Crippen LogP contribution in [0.3, 0.4) is 0 Å². The van der Waals surface area contributed by atoms with Crippen LogP contribution in [0.5, 0.6) is 0 Å². The number of anilines is 1. The van der Waals surface area contributed by atoms with Crippen LogP contribution < -0.4 is 10.6 Å². The molecule has 1 aliphatic heterocycles. The van der Waals surface area contributed by atoms with Crippen molar-refractivity contribution in [3.05, 3.63) is 70.3 Å². The van der Waals surface area contributed by atoms with Crippen LogP contribution in [0.1, 0.15) is 23.4 Å². The van der Waals surface area contributed by atoms with Crippen LogP contribution in [0.4, 0.5) is 14.9 Å². The average molecular weight is 453 g/mol. The number of aromatic nitrogens is 1. The van der Waals surface area contributed by atoms with Gasteiger partial charge in [0.2, 0.25) is 5.91 Å². The van der Waals surface area contributed by atoms with Crippen molar-refractivity contribution in [1.82, 2.24) is 15.2 Å². The molecule has 0 saturated carbocycles. The van der Waals surface area contributed by atoms with Crippen molar-refractivity contribution in [3.63, 3.8) is 0 Å². The van der Waals surface area contributed by atoms with E-state index in [1.807, 2.05) is 36.6 Å². The summed E-state index contributed by atoms with van der Waals surface area (Å²) in [5.41, 5.74) is 3.53. The van der Waals surface area contributed by atoms with Crippen molar-refractivity contribution < 1.29 is 14.0 Å². The van der Waals surface area contributed by atoms with Crippen LogP contribution in [-0.4, -0.2) is 34.9 Å². The third-order valence-corrected chi connectivity index (χ3v) is 6.36. The first-order valence-electron chi connectivity index (χ1n) is 10.6. The molecule has 0 unspecified atom stereocenters. The number of hydrogen-bond donors (Lipinski definition) is 2. The fraction of sp³-hybridized carbons (Fsp3) is 0.292. The zero-order chi connectivity index (χ0) is 22.5. The number of rotatable bonds is 5. The molecule has 1 fully saturated rings. The van der Waals surface area contributed by atoms with Gasteiger partial charge in [0, 0.05) is 42.2 Å². The monoisotopic (exact) mass is 452 g/mol. The number of nitrogens with zero attached hydrogens (tertiary/aromatic N) is 2. The number of halogens is 1. The molecule has 1 aliphatic rings. The molecule has 0 atom stereocenters. The van der Waals surface area contributed by atoms with E-state index in [1.54, 1.807) is 28.4 Å². The fourth-order valence-electron chi connectivity index (χ4n) is 3.70. The van der Waals surface area contributed by atoms with E-state index in [0.29, 0.717) is 32.5 Å². The van der Waals surface area contributed by atoms with Crippen LogP contribution in [0.15, 0.2) is 53.9 Å². The van der Waals surface area contributed by atoms with Gasteiger partial charge >= 0.3 is 6.03 Å². The number of urea groups is 1. The van der Waals surface area contributed by atoms with Gasteiger partial charge in [-0.05, 0) is 49.6 Å². The molecule has 2 N–H and O–H groups in total. The summed E-state index contributed by atoms with van der Waals surface area (Å²) < 4.78 is 13.0. The molecule has 8 heteroatoms. The molecule has 6 nitrogen and oxygen atoms in total. The lowest BCUT2D eigenvalue weighted by molar-refractivity contribution is -0.126. The first kappa shape index (κ1) is 22.0. The third kappa shape index (κ3) is 5.50. The number of hydrogen-bond acceptors (Lipinski definition) is 4. The van der Waals surface area contributed by atoms with E-state index in [2.05, 4.69) is 15.6 Å². The van der Waals surface area contributed by atoms with Crippen molar-refractivity contribution in [2.45, 2.75) is 26.3 Å². The van der Waals surface area contributed by atoms with E-state index in [0.717, 1.165) is 27.5 Å². The average Bonchev–Trinajstić information content (AvgIpc) is 3.25. The number of amides is 3.